The highest BCUT2D eigenvalue weighted by atomic mass is 19.3. The molecule has 0 aliphatic carbocycles. The van der Waals surface area contributed by atoms with Gasteiger partial charge in [0.1, 0.15) is 0 Å². The van der Waals surface area contributed by atoms with E-state index in [1.807, 2.05) is 0 Å². The number of hydrogen-bond acceptors (Lipinski definition) is 3. The topological polar surface area (TPSA) is 38.7 Å². The van der Waals surface area contributed by atoms with Crippen molar-refractivity contribution in [1.29, 1.82) is 0 Å². The maximum absolute atomic E-state index is 11.2. The third kappa shape index (κ3) is 7.32. The molecule has 0 aromatic heterocycles. The quantitative estimate of drug-likeness (QED) is 0.360. The van der Waals surface area contributed by atoms with Crippen molar-refractivity contribution < 1.29 is 23.4 Å². The monoisotopic (exact) mass is 154 g/mol. The molecule has 10 heavy (non-hydrogen) atoms. The van der Waals surface area contributed by atoms with Gasteiger partial charge in [-0.1, -0.05) is 0 Å². The van der Waals surface area contributed by atoms with Gasteiger partial charge in [-0.25, -0.2) is 0 Å². The van der Waals surface area contributed by atoms with E-state index in [1.54, 1.807) is 0 Å². The van der Waals surface area contributed by atoms with Gasteiger partial charge in [-0.2, -0.15) is 8.78 Å². The normalized spacial score (nSPS) is 9.10. The Labute approximate surface area is 56.9 Å². The fraction of sp³-hybridized carbons (Fsp3) is 0.600. The summed E-state index contributed by atoms with van der Waals surface area (Å²) < 4.78 is 31.0. The lowest BCUT2D eigenvalue weighted by atomic mass is 10.8. The van der Waals surface area contributed by atoms with Crippen LogP contribution in [-0.4, -0.2) is 25.1 Å². The molecule has 0 aliphatic rings. The van der Waals surface area contributed by atoms with Crippen LogP contribution in [0.2, 0.25) is 0 Å². The van der Waals surface area contributed by atoms with Gasteiger partial charge in [0, 0.05) is 0 Å². The Kier molecular flexibility index (Phi) is 6.00. The maximum atomic E-state index is 11.2. The second-order valence-corrected chi connectivity index (χ2v) is 1.32. The SMILES string of the molecule is OCCOCOC=C(F)F. The van der Waals surface area contributed by atoms with Crippen molar-refractivity contribution in [3.05, 3.63) is 12.3 Å². The summed E-state index contributed by atoms with van der Waals surface area (Å²) in [5.41, 5.74) is 0. The minimum Gasteiger partial charge on any atom is -0.470 e. The molecule has 0 unspecified atom stereocenters. The molecule has 0 radical (unpaired) electrons. The summed E-state index contributed by atoms with van der Waals surface area (Å²) in [6.45, 7) is -0.329. The van der Waals surface area contributed by atoms with Crippen LogP contribution in [0.3, 0.4) is 0 Å². The molecule has 5 heteroatoms. The molecule has 0 aromatic carbocycles. The fourth-order valence-corrected chi connectivity index (χ4v) is 0.269. The number of aliphatic hydroxyl groups excluding tert-OH is 1. The number of ether oxygens (including phenoxy) is 2. The lowest BCUT2D eigenvalue weighted by Crippen LogP contribution is -2.01. The zero-order valence-electron chi connectivity index (χ0n) is 5.22. The van der Waals surface area contributed by atoms with Crippen LogP contribution < -0.4 is 0 Å². The summed E-state index contributed by atoms with van der Waals surface area (Å²) >= 11 is 0. The van der Waals surface area contributed by atoms with Gasteiger partial charge >= 0.3 is 6.08 Å². The molecule has 0 bridgehead atoms. The van der Waals surface area contributed by atoms with Crippen molar-refractivity contribution in [1.82, 2.24) is 0 Å². The maximum Gasteiger partial charge on any atom is 0.304 e. The fourth-order valence-electron chi connectivity index (χ4n) is 0.269. The largest absolute Gasteiger partial charge is 0.470 e. The average molecular weight is 154 g/mol. The van der Waals surface area contributed by atoms with Gasteiger partial charge < -0.3 is 14.6 Å². The van der Waals surface area contributed by atoms with Gasteiger partial charge in [-0.05, 0) is 0 Å². The number of rotatable bonds is 5. The van der Waals surface area contributed by atoms with Gasteiger partial charge in [0.25, 0.3) is 0 Å². The second kappa shape index (κ2) is 6.44. The van der Waals surface area contributed by atoms with E-state index >= 15 is 0 Å². The van der Waals surface area contributed by atoms with E-state index in [4.69, 9.17) is 5.11 Å². The van der Waals surface area contributed by atoms with Crippen LogP contribution in [-0.2, 0) is 9.47 Å². The standard InChI is InChI=1S/C5H8F2O3/c6-5(7)3-10-4-9-2-1-8/h3,8H,1-2,4H2. The number of halogens is 2. The second-order valence-electron chi connectivity index (χ2n) is 1.32. The highest BCUT2D eigenvalue weighted by Gasteiger charge is 1.87. The van der Waals surface area contributed by atoms with Crippen molar-refractivity contribution in [2.45, 2.75) is 0 Å². The predicted molar refractivity (Wildman–Crippen MR) is 29.3 cm³/mol. The van der Waals surface area contributed by atoms with Crippen molar-refractivity contribution in [2.75, 3.05) is 20.0 Å². The smallest absolute Gasteiger partial charge is 0.304 e. The molecule has 0 rings (SSSR count). The molecule has 0 aliphatic heterocycles. The summed E-state index contributed by atoms with van der Waals surface area (Å²) in [5.74, 6) is 0. The van der Waals surface area contributed by atoms with Crippen molar-refractivity contribution in [2.24, 2.45) is 0 Å². The van der Waals surface area contributed by atoms with E-state index in [0.717, 1.165) is 0 Å². The van der Waals surface area contributed by atoms with Crippen LogP contribution in [0.25, 0.3) is 0 Å². The van der Waals surface area contributed by atoms with Gasteiger partial charge in [0.2, 0.25) is 0 Å². The van der Waals surface area contributed by atoms with E-state index < -0.39 is 6.08 Å². The van der Waals surface area contributed by atoms with Crippen LogP contribution in [0.4, 0.5) is 8.78 Å². The van der Waals surface area contributed by atoms with Crippen LogP contribution in [0.1, 0.15) is 0 Å². The first kappa shape index (κ1) is 9.32. The van der Waals surface area contributed by atoms with Gasteiger partial charge in [-0.3, -0.25) is 0 Å². The summed E-state index contributed by atoms with van der Waals surface area (Å²) in [6, 6.07) is 0. The Morgan fingerprint density at radius 2 is 2.20 bits per heavy atom. The zero-order chi connectivity index (χ0) is 7.82. The minimum atomic E-state index is -1.91. The first-order chi connectivity index (χ1) is 4.77. The summed E-state index contributed by atoms with van der Waals surface area (Å²) in [7, 11) is 0. The van der Waals surface area contributed by atoms with Crippen molar-refractivity contribution in [3.63, 3.8) is 0 Å². The first-order valence-corrected chi connectivity index (χ1v) is 2.58. The molecule has 0 amide bonds. The molecule has 3 nitrogen and oxygen atoms in total. The lowest BCUT2D eigenvalue weighted by Gasteiger charge is -1.99. The Balaban J connectivity index is 2.98. The van der Waals surface area contributed by atoms with Crippen LogP contribution >= 0.6 is 0 Å². The molecule has 0 heterocycles. The highest BCUT2D eigenvalue weighted by molar-refractivity contribution is 4.68. The Hall–Kier alpha value is -0.680. The van der Waals surface area contributed by atoms with Gasteiger partial charge in [0.15, 0.2) is 13.1 Å². The molecule has 0 saturated heterocycles. The Bertz CT molecular complexity index is 101. The third-order valence-electron chi connectivity index (χ3n) is 0.559. The van der Waals surface area contributed by atoms with E-state index in [9.17, 15) is 8.78 Å². The number of hydrogen-bond donors (Lipinski definition) is 1. The summed E-state index contributed by atoms with van der Waals surface area (Å²) in [4.78, 5) is 0. The van der Waals surface area contributed by atoms with E-state index in [-0.39, 0.29) is 26.3 Å². The molecule has 0 saturated carbocycles. The van der Waals surface area contributed by atoms with E-state index in [1.165, 1.54) is 0 Å². The molecule has 0 aromatic rings. The highest BCUT2D eigenvalue weighted by Crippen LogP contribution is 1.95. The van der Waals surface area contributed by atoms with Crippen molar-refractivity contribution >= 4 is 0 Å². The summed E-state index contributed by atoms with van der Waals surface area (Å²) in [5, 5.41) is 8.13. The minimum absolute atomic E-state index is 0.0851. The molecular formula is C5H8F2O3. The number of aliphatic hydroxyl groups is 1. The molecule has 0 spiro atoms. The van der Waals surface area contributed by atoms with Crippen LogP contribution in [0, 0.1) is 0 Å². The zero-order valence-corrected chi connectivity index (χ0v) is 5.22. The van der Waals surface area contributed by atoms with Crippen LogP contribution in [0.15, 0.2) is 12.3 Å². The molecular weight excluding hydrogens is 146 g/mol. The van der Waals surface area contributed by atoms with Gasteiger partial charge in [-0.15, -0.1) is 0 Å². The van der Waals surface area contributed by atoms with Gasteiger partial charge in [0.05, 0.1) is 13.2 Å². The molecule has 60 valence electrons. The van der Waals surface area contributed by atoms with Crippen molar-refractivity contribution in [3.8, 4) is 0 Å². The molecule has 0 fully saturated rings. The lowest BCUT2D eigenvalue weighted by molar-refractivity contribution is -0.0270. The van der Waals surface area contributed by atoms with E-state index in [0.29, 0.717) is 0 Å². The third-order valence-corrected chi connectivity index (χ3v) is 0.559. The van der Waals surface area contributed by atoms with Crippen LogP contribution in [0.5, 0.6) is 0 Å². The first-order valence-electron chi connectivity index (χ1n) is 2.58. The Morgan fingerprint density at radius 1 is 1.50 bits per heavy atom. The Morgan fingerprint density at radius 3 is 2.70 bits per heavy atom. The molecule has 0 atom stereocenters. The molecule has 1 N–H and O–H groups in total. The van der Waals surface area contributed by atoms with E-state index in [2.05, 4.69) is 9.47 Å². The average Bonchev–Trinajstić information content (AvgIpc) is 1.87. The predicted octanol–water partition coefficient (Wildman–Crippen LogP) is 0.707. The summed E-state index contributed by atoms with van der Waals surface area (Å²) in [6.07, 6.45) is -1.62.